The second-order valence-corrected chi connectivity index (χ2v) is 1.22. The molecule has 4 nitrogen and oxygen atoms in total. The molecule has 0 aromatic carbocycles. The van der Waals surface area contributed by atoms with Crippen LogP contribution < -0.4 is 0 Å². The molecule has 0 aliphatic carbocycles. The van der Waals surface area contributed by atoms with Gasteiger partial charge < -0.3 is 18.9 Å². The fourth-order valence-corrected chi connectivity index (χ4v) is 0.167. The van der Waals surface area contributed by atoms with Gasteiger partial charge in [0, 0.05) is 33.1 Å². The van der Waals surface area contributed by atoms with Crippen molar-refractivity contribution in [2.45, 2.75) is 0 Å². The van der Waals surface area contributed by atoms with Gasteiger partial charge in [0.05, 0.1) is 0 Å². The number of methoxy groups -OCH3 is 2. The maximum Gasteiger partial charge on any atom is 2.00 e. The number of hydrogen-bond donors (Lipinski definition) is 0. The summed E-state index contributed by atoms with van der Waals surface area (Å²) in [6.45, 7) is 0.556. The maximum atomic E-state index is 4.41. The summed E-state index contributed by atoms with van der Waals surface area (Å²) >= 11 is 0. The Hall–Kier alpha value is 0.957. The Bertz CT molecular complexity index is 40.5. The summed E-state index contributed by atoms with van der Waals surface area (Å²) < 4.78 is 17.2. The van der Waals surface area contributed by atoms with E-state index in [4.69, 9.17) is 0 Å². The van der Waals surface area contributed by atoms with Gasteiger partial charge in [-0.05, 0) is 0 Å². The third-order valence-corrected chi connectivity index (χ3v) is 0.402. The molecular weight excluding hydrogens is 207 g/mol. The molecule has 0 spiro atoms. The molecule has 0 saturated heterocycles. The van der Waals surface area contributed by atoms with E-state index in [-0.39, 0.29) is 49.5 Å². The molecule has 0 rings (SSSR count). The largest absolute Gasteiger partial charge is 2.00 e. The summed E-state index contributed by atoms with van der Waals surface area (Å²) in [4.78, 5) is 0. The van der Waals surface area contributed by atoms with Crippen molar-refractivity contribution < 1.29 is 36.0 Å². The van der Waals surface area contributed by atoms with Crippen molar-refractivity contribution in [1.29, 1.82) is 0 Å². The van der Waals surface area contributed by atoms with Gasteiger partial charge in [-0.2, -0.15) is 0 Å². The Morgan fingerprint density at radius 2 is 1.17 bits per heavy atom. The second-order valence-electron chi connectivity index (χ2n) is 1.22. The molecule has 0 saturated carbocycles. The first-order chi connectivity index (χ1) is 4.83. The molecule has 6 heteroatoms. The van der Waals surface area contributed by atoms with Crippen molar-refractivity contribution in [3.63, 3.8) is 0 Å². The molecule has 0 aromatic heterocycles. The average Bonchev–Trinajstić information content (AvgIpc) is 1.93. The summed E-state index contributed by atoms with van der Waals surface area (Å²) in [5.41, 5.74) is 0. The van der Waals surface area contributed by atoms with E-state index in [0.29, 0.717) is 0 Å². The molecule has 0 aromatic rings. The fraction of sp³-hybridized carbons (Fsp3) is 0.667. The van der Waals surface area contributed by atoms with Crippen molar-refractivity contribution >= 4 is 18.9 Å². The molecular formula is C6H14CuLiO4. The molecule has 0 bridgehead atoms. The van der Waals surface area contributed by atoms with E-state index >= 15 is 0 Å². The van der Waals surface area contributed by atoms with Gasteiger partial charge in [0.15, 0.2) is 0 Å². The predicted molar refractivity (Wildman–Crippen MR) is 42.4 cm³/mol. The van der Waals surface area contributed by atoms with Crippen LogP contribution >= 0.6 is 0 Å². The first-order valence-electron chi connectivity index (χ1n) is 2.55. The van der Waals surface area contributed by atoms with Gasteiger partial charge in [0.1, 0.15) is 13.6 Å². The van der Waals surface area contributed by atoms with Crippen molar-refractivity contribution in [2.24, 2.45) is 0 Å². The van der Waals surface area contributed by atoms with Crippen molar-refractivity contribution in [3.05, 3.63) is 14.2 Å². The van der Waals surface area contributed by atoms with Gasteiger partial charge >= 0.3 is 17.1 Å². The smallest absolute Gasteiger partial charge is 0.535 e. The van der Waals surface area contributed by atoms with Crippen LogP contribution in [0.25, 0.3) is 0 Å². The zero-order valence-corrected chi connectivity index (χ0v) is 8.70. The third-order valence-electron chi connectivity index (χ3n) is 0.402. The minimum atomic E-state index is 0. The summed E-state index contributed by atoms with van der Waals surface area (Å²) in [5, 5.41) is 0. The van der Waals surface area contributed by atoms with Crippen LogP contribution in [0, 0.1) is 14.2 Å². The van der Waals surface area contributed by atoms with Crippen LogP contribution in [-0.4, -0.2) is 46.7 Å². The molecule has 0 heterocycles. The summed E-state index contributed by atoms with van der Waals surface area (Å²) in [5.74, 6) is 0. The molecule has 74 valence electrons. The molecule has 0 atom stereocenters. The Labute approximate surface area is 96.9 Å². The van der Waals surface area contributed by atoms with Crippen LogP contribution in [0.5, 0.6) is 0 Å². The molecule has 2 radical (unpaired) electrons. The number of hydrogen-bond acceptors (Lipinski definition) is 4. The zero-order chi connectivity index (χ0) is 8.24. The Balaban J connectivity index is -0.0000000457. The third kappa shape index (κ3) is 44.2. The Morgan fingerprint density at radius 1 is 0.917 bits per heavy atom. The van der Waals surface area contributed by atoms with Gasteiger partial charge in [-0.3, -0.25) is 0 Å². The molecule has 0 amide bonds. The van der Waals surface area contributed by atoms with Crippen molar-refractivity contribution in [2.75, 3.05) is 27.8 Å². The van der Waals surface area contributed by atoms with E-state index in [2.05, 4.69) is 33.2 Å². The first-order valence-corrected chi connectivity index (χ1v) is 2.55. The minimum absolute atomic E-state index is 0. The second kappa shape index (κ2) is 29.7. The van der Waals surface area contributed by atoms with E-state index in [0.717, 1.165) is 0 Å². The van der Waals surface area contributed by atoms with Gasteiger partial charge in [-0.15, -0.1) is 0 Å². The topological polar surface area (TPSA) is 36.9 Å². The molecule has 0 N–H and O–H groups in total. The SMILES string of the molecule is [CH2-]OCOC.[CH2-]OCOC.[Cu+2].[Li]. The quantitative estimate of drug-likeness (QED) is 0.391. The van der Waals surface area contributed by atoms with Crippen LogP contribution in [0.3, 0.4) is 0 Å². The van der Waals surface area contributed by atoms with Gasteiger partial charge in [-0.1, -0.05) is 0 Å². The van der Waals surface area contributed by atoms with E-state index in [1.54, 1.807) is 14.2 Å². The fourth-order valence-electron chi connectivity index (χ4n) is 0.167. The molecule has 0 unspecified atom stereocenters. The van der Waals surface area contributed by atoms with Crippen molar-refractivity contribution in [3.8, 4) is 0 Å². The zero-order valence-electron chi connectivity index (χ0n) is 7.76. The van der Waals surface area contributed by atoms with E-state index in [1.165, 1.54) is 0 Å². The minimum Gasteiger partial charge on any atom is -0.535 e. The number of rotatable bonds is 4. The van der Waals surface area contributed by atoms with E-state index in [9.17, 15) is 0 Å². The predicted octanol–water partition coefficient (Wildman–Crippen LogP) is 0.414. The van der Waals surface area contributed by atoms with E-state index < -0.39 is 0 Å². The van der Waals surface area contributed by atoms with Crippen LogP contribution in [0.4, 0.5) is 0 Å². The maximum absolute atomic E-state index is 4.41. The summed E-state index contributed by atoms with van der Waals surface area (Å²) in [7, 11) is 9.19. The van der Waals surface area contributed by atoms with Crippen molar-refractivity contribution in [1.82, 2.24) is 0 Å². The summed E-state index contributed by atoms with van der Waals surface area (Å²) in [6.07, 6.45) is 0. The molecule has 12 heavy (non-hydrogen) atoms. The average molecular weight is 221 g/mol. The Kier molecular flexibility index (Phi) is 57.1. The standard InChI is InChI=1S/2C3H7O2.Cu.Li/c2*1-4-3-5-2;;/h2*1,3H2,2H3;;/q2*-1;+2;. The summed E-state index contributed by atoms with van der Waals surface area (Å²) in [6, 6.07) is 0. The van der Waals surface area contributed by atoms with Crippen LogP contribution in [0.1, 0.15) is 0 Å². The van der Waals surface area contributed by atoms with Crippen LogP contribution in [0.15, 0.2) is 0 Å². The van der Waals surface area contributed by atoms with Gasteiger partial charge in [0.2, 0.25) is 0 Å². The van der Waals surface area contributed by atoms with Crippen LogP contribution in [0.2, 0.25) is 0 Å². The molecule has 0 aliphatic rings. The van der Waals surface area contributed by atoms with Gasteiger partial charge in [0.25, 0.3) is 0 Å². The van der Waals surface area contributed by atoms with Crippen LogP contribution in [-0.2, 0) is 36.0 Å². The monoisotopic (exact) mass is 220 g/mol. The van der Waals surface area contributed by atoms with E-state index in [1.807, 2.05) is 0 Å². The Morgan fingerprint density at radius 3 is 1.17 bits per heavy atom. The first kappa shape index (κ1) is 23.1. The molecule has 0 fully saturated rings. The molecule has 0 aliphatic heterocycles. The van der Waals surface area contributed by atoms with Gasteiger partial charge in [-0.25, -0.2) is 14.2 Å². The normalized spacial score (nSPS) is 7.00. The number of ether oxygens (including phenoxy) is 4.